The van der Waals surface area contributed by atoms with Crippen molar-refractivity contribution in [2.24, 2.45) is 0 Å². The number of nitrogens with one attached hydrogen (secondary N) is 1. The van der Waals surface area contributed by atoms with Gasteiger partial charge < -0.3 is 19.5 Å². The van der Waals surface area contributed by atoms with Crippen molar-refractivity contribution in [1.82, 2.24) is 5.32 Å². The van der Waals surface area contributed by atoms with Crippen molar-refractivity contribution in [1.29, 1.82) is 0 Å². The largest absolute Gasteiger partial charge is 0.496 e. The van der Waals surface area contributed by atoms with Crippen LogP contribution in [0.2, 0.25) is 0 Å². The Labute approximate surface area is 109 Å². The number of likely N-dealkylation sites (N-methyl/N-ethyl adjacent to an activating group) is 1. The molecule has 0 spiro atoms. The van der Waals surface area contributed by atoms with Gasteiger partial charge in [0.2, 0.25) is 0 Å². The average molecular weight is 253 g/mol. The van der Waals surface area contributed by atoms with Crippen molar-refractivity contribution in [3.05, 3.63) is 28.8 Å². The summed E-state index contributed by atoms with van der Waals surface area (Å²) in [5.74, 6) is 0.853. The van der Waals surface area contributed by atoms with Gasteiger partial charge >= 0.3 is 0 Å². The first-order valence-electron chi connectivity index (χ1n) is 5.97. The summed E-state index contributed by atoms with van der Waals surface area (Å²) in [7, 11) is 6.83. The van der Waals surface area contributed by atoms with Crippen LogP contribution in [0, 0.1) is 13.8 Å². The van der Waals surface area contributed by atoms with Crippen molar-refractivity contribution >= 4 is 0 Å². The van der Waals surface area contributed by atoms with E-state index in [0.29, 0.717) is 0 Å². The molecule has 4 nitrogen and oxygen atoms in total. The van der Waals surface area contributed by atoms with Gasteiger partial charge in [-0.1, -0.05) is 6.07 Å². The Morgan fingerprint density at radius 2 is 1.67 bits per heavy atom. The first-order chi connectivity index (χ1) is 8.58. The van der Waals surface area contributed by atoms with Gasteiger partial charge in [-0.05, 0) is 38.1 Å². The highest BCUT2D eigenvalue weighted by Gasteiger charge is 2.26. The van der Waals surface area contributed by atoms with Gasteiger partial charge in [0.15, 0.2) is 6.29 Å². The van der Waals surface area contributed by atoms with E-state index in [1.165, 1.54) is 5.56 Å². The van der Waals surface area contributed by atoms with Gasteiger partial charge in [-0.3, -0.25) is 0 Å². The van der Waals surface area contributed by atoms with Crippen LogP contribution in [0.4, 0.5) is 0 Å². The third-order valence-electron chi connectivity index (χ3n) is 3.07. The van der Waals surface area contributed by atoms with Gasteiger partial charge in [-0.15, -0.1) is 0 Å². The van der Waals surface area contributed by atoms with Crippen molar-refractivity contribution in [2.45, 2.75) is 26.2 Å². The van der Waals surface area contributed by atoms with E-state index in [9.17, 15) is 0 Å². The van der Waals surface area contributed by atoms with Crippen LogP contribution >= 0.6 is 0 Å². The van der Waals surface area contributed by atoms with Crippen LogP contribution in [0.5, 0.6) is 5.75 Å². The molecule has 4 heteroatoms. The van der Waals surface area contributed by atoms with E-state index in [-0.39, 0.29) is 12.3 Å². The number of methoxy groups -OCH3 is 3. The lowest BCUT2D eigenvalue weighted by atomic mass is 9.97. The van der Waals surface area contributed by atoms with E-state index >= 15 is 0 Å². The van der Waals surface area contributed by atoms with E-state index in [1.807, 2.05) is 13.1 Å². The molecule has 0 saturated heterocycles. The summed E-state index contributed by atoms with van der Waals surface area (Å²) in [6, 6.07) is 4.08. The van der Waals surface area contributed by atoms with Gasteiger partial charge in [-0.25, -0.2) is 0 Å². The maximum absolute atomic E-state index is 5.48. The SMILES string of the molecule is CNC(c1c(C)cc(C)cc1OC)C(OC)OC. The van der Waals surface area contributed by atoms with Crippen molar-refractivity contribution < 1.29 is 14.2 Å². The average Bonchev–Trinajstić information content (AvgIpc) is 2.36. The quantitative estimate of drug-likeness (QED) is 0.789. The second kappa shape index (κ2) is 6.73. The Kier molecular flexibility index (Phi) is 5.59. The first-order valence-corrected chi connectivity index (χ1v) is 5.97. The smallest absolute Gasteiger partial charge is 0.176 e. The second-order valence-corrected chi connectivity index (χ2v) is 4.30. The van der Waals surface area contributed by atoms with E-state index in [2.05, 4.69) is 25.2 Å². The number of rotatable bonds is 6. The van der Waals surface area contributed by atoms with Gasteiger partial charge in [-0.2, -0.15) is 0 Å². The number of ether oxygens (including phenoxy) is 3. The molecule has 0 amide bonds. The zero-order chi connectivity index (χ0) is 13.7. The molecule has 18 heavy (non-hydrogen) atoms. The fourth-order valence-electron chi connectivity index (χ4n) is 2.29. The summed E-state index contributed by atoms with van der Waals surface area (Å²) in [6.45, 7) is 4.12. The van der Waals surface area contributed by atoms with Crippen LogP contribution in [0.15, 0.2) is 12.1 Å². The van der Waals surface area contributed by atoms with Crippen LogP contribution in [0.25, 0.3) is 0 Å². The Morgan fingerprint density at radius 1 is 1.06 bits per heavy atom. The molecule has 1 aromatic carbocycles. The molecule has 0 aromatic heterocycles. The van der Waals surface area contributed by atoms with E-state index < -0.39 is 0 Å². The zero-order valence-corrected chi connectivity index (χ0v) is 12.0. The van der Waals surface area contributed by atoms with Gasteiger partial charge in [0.25, 0.3) is 0 Å². The molecule has 0 fully saturated rings. The third-order valence-corrected chi connectivity index (χ3v) is 3.07. The summed E-state index contributed by atoms with van der Waals surface area (Å²) in [4.78, 5) is 0. The number of benzene rings is 1. The summed E-state index contributed by atoms with van der Waals surface area (Å²) >= 11 is 0. The molecule has 102 valence electrons. The highest BCUT2D eigenvalue weighted by Crippen LogP contribution is 2.32. The fraction of sp³-hybridized carbons (Fsp3) is 0.571. The molecular formula is C14H23NO3. The maximum atomic E-state index is 5.48. The third kappa shape index (κ3) is 3.02. The maximum Gasteiger partial charge on any atom is 0.176 e. The molecule has 0 heterocycles. The molecule has 0 aliphatic heterocycles. The summed E-state index contributed by atoms with van der Waals surface area (Å²) in [6.07, 6.45) is -0.356. The zero-order valence-electron chi connectivity index (χ0n) is 12.0. The molecule has 0 aliphatic carbocycles. The first kappa shape index (κ1) is 15.0. The molecule has 0 aliphatic rings. The van der Waals surface area contributed by atoms with Crippen molar-refractivity contribution in [3.63, 3.8) is 0 Å². The number of hydrogen-bond donors (Lipinski definition) is 1. The molecule has 1 rings (SSSR count). The van der Waals surface area contributed by atoms with E-state index in [0.717, 1.165) is 16.9 Å². The highest BCUT2D eigenvalue weighted by molar-refractivity contribution is 5.45. The van der Waals surface area contributed by atoms with Crippen LogP contribution in [0.1, 0.15) is 22.7 Å². The lowest BCUT2D eigenvalue weighted by Crippen LogP contribution is -2.33. The molecule has 0 saturated carbocycles. The number of aryl methyl sites for hydroxylation is 2. The summed E-state index contributed by atoms with van der Waals surface area (Å²) in [5.41, 5.74) is 3.40. The molecule has 1 N–H and O–H groups in total. The molecule has 1 unspecified atom stereocenters. The van der Waals surface area contributed by atoms with Gasteiger partial charge in [0.05, 0.1) is 13.2 Å². The van der Waals surface area contributed by atoms with Crippen LogP contribution in [0.3, 0.4) is 0 Å². The lowest BCUT2D eigenvalue weighted by Gasteiger charge is -2.27. The predicted molar refractivity (Wildman–Crippen MR) is 72.1 cm³/mol. The Hall–Kier alpha value is -1.10. The second-order valence-electron chi connectivity index (χ2n) is 4.30. The van der Waals surface area contributed by atoms with Crippen molar-refractivity contribution in [3.8, 4) is 5.75 Å². The lowest BCUT2D eigenvalue weighted by molar-refractivity contribution is -0.123. The highest BCUT2D eigenvalue weighted by atomic mass is 16.7. The van der Waals surface area contributed by atoms with E-state index in [1.54, 1.807) is 21.3 Å². The summed E-state index contributed by atoms with van der Waals surface area (Å²) < 4.78 is 16.2. The predicted octanol–water partition coefficient (Wildman–Crippen LogP) is 2.19. The molecule has 0 bridgehead atoms. The standard InChI is InChI=1S/C14H23NO3/c1-9-7-10(2)12(11(8-9)16-4)13(15-3)14(17-5)18-6/h7-8,13-15H,1-6H3. The summed E-state index contributed by atoms with van der Waals surface area (Å²) in [5, 5.41) is 3.23. The van der Waals surface area contributed by atoms with Crippen molar-refractivity contribution in [2.75, 3.05) is 28.4 Å². The normalized spacial score (nSPS) is 12.8. The van der Waals surface area contributed by atoms with E-state index in [4.69, 9.17) is 14.2 Å². The topological polar surface area (TPSA) is 39.7 Å². The Bertz CT molecular complexity index is 389. The molecular weight excluding hydrogens is 230 g/mol. The Morgan fingerprint density at radius 3 is 2.11 bits per heavy atom. The molecule has 1 atom stereocenters. The number of hydrogen-bond acceptors (Lipinski definition) is 4. The van der Waals surface area contributed by atoms with Gasteiger partial charge in [0.1, 0.15) is 5.75 Å². The van der Waals surface area contributed by atoms with Crippen LogP contribution in [-0.4, -0.2) is 34.7 Å². The van der Waals surface area contributed by atoms with Crippen LogP contribution < -0.4 is 10.1 Å². The minimum absolute atomic E-state index is 0.0736. The minimum atomic E-state index is -0.356. The molecule has 1 aromatic rings. The minimum Gasteiger partial charge on any atom is -0.496 e. The monoisotopic (exact) mass is 253 g/mol. The molecule has 0 radical (unpaired) electrons. The Balaban J connectivity index is 3.27. The van der Waals surface area contributed by atoms with Crippen LogP contribution in [-0.2, 0) is 9.47 Å². The van der Waals surface area contributed by atoms with Gasteiger partial charge in [0, 0.05) is 19.8 Å². The fourth-order valence-corrected chi connectivity index (χ4v) is 2.29.